The van der Waals surface area contributed by atoms with Crippen molar-refractivity contribution in [3.8, 4) is 0 Å². The van der Waals surface area contributed by atoms with Gasteiger partial charge in [0.1, 0.15) is 0 Å². The van der Waals surface area contributed by atoms with Crippen LogP contribution in [0.4, 0.5) is 11.4 Å². The SMILES string of the molecule is Cc1ccc(N2C(=O)[C@@H](C=Nc3ccc(C(=O)O)cc3C)C(=O)NC2=S)cc1. The molecule has 1 fully saturated rings. The summed E-state index contributed by atoms with van der Waals surface area (Å²) >= 11 is 5.16. The van der Waals surface area contributed by atoms with Gasteiger partial charge in [-0.05, 0) is 62.0 Å². The van der Waals surface area contributed by atoms with Crippen molar-refractivity contribution in [1.29, 1.82) is 0 Å². The number of hydrogen-bond donors (Lipinski definition) is 2. The predicted octanol–water partition coefficient (Wildman–Crippen LogP) is 2.77. The lowest BCUT2D eigenvalue weighted by molar-refractivity contribution is -0.130. The zero-order chi connectivity index (χ0) is 20.4. The Hall–Kier alpha value is -3.39. The fourth-order valence-corrected chi connectivity index (χ4v) is 3.04. The van der Waals surface area contributed by atoms with E-state index < -0.39 is 23.7 Å². The van der Waals surface area contributed by atoms with Gasteiger partial charge in [-0.3, -0.25) is 19.5 Å². The summed E-state index contributed by atoms with van der Waals surface area (Å²) in [6.07, 6.45) is 1.25. The summed E-state index contributed by atoms with van der Waals surface area (Å²) in [5.41, 5.74) is 2.81. The lowest BCUT2D eigenvalue weighted by atomic mass is 10.1. The van der Waals surface area contributed by atoms with Gasteiger partial charge < -0.3 is 10.4 Å². The number of nitrogens with one attached hydrogen (secondary N) is 1. The van der Waals surface area contributed by atoms with Crippen LogP contribution in [0.5, 0.6) is 0 Å². The number of hydrogen-bond acceptors (Lipinski definition) is 5. The molecule has 142 valence electrons. The number of aryl methyl sites for hydroxylation is 2. The molecule has 2 aromatic rings. The van der Waals surface area contributed by atoms with E-state index in [1.807, 2.05) is 19.1 Å². The Balaban J connectivity index is 1.88. The second-order valence-corrected chi connectivity index (χ2v) is 6.75. The molecule has 0 bridgehead atoms. The molecular weight excluding hydrogens is 378 g/mol. The van der Waals surface area contributed by atoms with E-state index in [0.717, 1.165) is 5.56 Å². The quantitative estimate of drug-likeness (QED) is 0.471. The van der Waals surface area contributed by atoms with Gasteiger partial charge >= 0.3 is 5.97 Å². The van der Waals surface area contributed by atoms with Gasteiger partial charge in [-0.25, -0.2) is 4.79 Å². The summed E-state index contributed by atoms with van der Waals surface area (Å²) in [5.74, 6) is -3.24. The molecular formula is C20H17N3O4S. The Kier molecular flexibility index (Phi) is 5.32. The van der Waals surface area contributed by atoms with Crippen LogP contribution in [0, 0.1) is 19.8 Å². The maximum atomic E-state index is 12.9. The van der Waals surface area contributed by atoms with E-state index >= 15 is 0 Å². The number of amides is 2. The first kappa shape index (κ1) is 19.4. The molecule has 0 radical (unpaired) electrons. The topological polar surface area (TPSA) is 99.1 Å². The molecule has 1 atom stereocenters. The molecule has 1 aliphatic rings. The van der Waals surface area contributed by atoms with Crippen LogP contribution in [0.2, 0.25) is 0 Å². The van der Waals surface area contributed by atoms with Gasteiger partial charge in [0.05, 0.1) is 16.9 Å². The van der Waals surface area contributed by atoms with Gasteiger partial charge in [-0.1, -0.05) is 17.7 Å². The number of aromatic carboxylic acids is 1. The summed E-state index contributed by atoms with van der Waals surface area (Å²) in [5, 5.41) is 11.6. The molecule has 2 amide bonds. The molecule has 1 aliphatic heterocycles. The average molecular weight is 395 g/mol. The van der Waals surface area contributed by atoms with Crippen molar-refractivity contribution in [2.75, 3.05) is 4.90 Å². The van der Waals surface area contributed by atoms with Crippen LogP contribution < -0.4 is 10.2 Å². The van der Waals surface area contributed by atoms with Crippen LogP contribution in [0.3, 0.4) is 0 Å². The molecule has 2 aromatic carbocycles. The maximum absolute atomic E-state index is 12.9. The van der Waals surface area contributed by atoms with Gasteiger partial charge in [-0.15, -0.1) is 0 Å². The second kappa shape index (κ2) is 7.69. The predicted molar refractivity (Wildman–Crippen MR) is 109 cm³/mol. The third-order valence-corrected chi connectivity index (χ3v) is 4.59. The van der Waals surface area contributed by atoms with Crippen molar-refractivity contribution < 1.29 is 19.5 Å². The van der Waals surface area contributed by atoms with Crippen molar-refractivity contribution >= 4 is 52.7 Å². The summed E-state index contributed by atoms with van der Waals surface area (Å²) in [7, 11) is 0. The Morgan fingerprint density at radius 1 is 1.18 bits per heavy atom. The van der Waals surface area contributed by atoms with Crippen molar-refractivity contribution in [2.24, 2.45) is 10.9 Å². The molecule has 28 heavy (non-hydrogen) atoms. The Morgan fingerprint density at radius 3 is 2.46 bits per heavy atom. The highest BCUT2D eigenvalue weighted by Gasteiger charge is 2.38. The minimum absolute atomic E-state index is 0.0190. The Labute approximate surface area is 166 Å². The Bertz CT molecular complexity index is 1010. The van der Waals surface area contributed by atoms with E-state index in [1.165, 1.54) is 29.3 Å². The van der Waals surface area contributed by atoms with E-state index in [9.17, 15) is 14.4 Å². The van der Waals surface area contributed by atoms with Crippen LogP contribution in [-0.2, 0) is 9.59 Å². The number of nitrogens with zero attached hydrogens (tertiary/aromatic N) is 2. The molecule has 0 spiro atoms. The monoisotopic (exact) mass is 395 g/mol. The molecule has 7 nitrogen and oxygen atoms in total. The number of carboxylic acids is 1. The van der Waals surface area contributed by atoms with Crippen molar-refractivity contribution in [2.45, 2.75) is 13.8 Å². The van der Waals surface area contributed by atoms with Gasteiger partial charge in [0.15, 0.2) is 11.0 Å². The van der Waals surface area contributed by atoms with Gasteiger partial charge in [-0.2, -0.15) is 0 Å². The first-order chi connectivity index (χ1) is 13.3. The molecule has 0 saturated carbocycles. The standard InChI is InChI=1S/C20H17N3O4S/c1-11-3-6-14(7-4-11)23-18(25)15(17(24)22-20(23)28)10-21-16-8-5-13(19(26)27)9-12(16)2/h3-10,15H,1-2H3,(H,26,27)(H,22,24,28)/t15-/m0/s1. The highest BCUT2D eigenvalue weighted by atomic mass is 32.1. The number of carboxylic acid groups (broad SMARTS) is 1. The average Bonchev–Trinajstić information content (AvgIpc) is 2.63. The van der Waals surface area contributed by atoms with Crippen molar-refractivity contribution in [1.82, 2.24) is 5.32 Å². The number of carbonyl (C=O) groups excluding carboxylic acids is 2. The van der Waals surface area contributed by atoms with E-state index in [1.54, 1.807) is 19.1 Å². The van der Waals surface area contributed by atoms with Crippen molar-refractivity contribution in [3.63, 3.8) is 0 Å². The third kappa shape index (κ3) is 3.81. The molecule has 0 aliphatic carbocycles. The normalized spacial score (nSPS) is 17.1. The number of anilines is 1. The molecule has 1 heterocycles. The fraction of sp³-hybridized carbons (Fsp3) is 0.150. The first-order valence-electron chi connectivity index (χ1n) is 8.41. The van der Waals surface area contributed by atoms with E-state index in [0.29, 0.717) is 16.9 Å². The summed E-state index contributed by atoms with van der Waals surface area (Å²) < 4.78 is 0. The van der Waals surface area contributed by atoms with Crippen LogP contribution in [0.15, 0.2) is 47.5 Å². The summed E-state index contributed by atoms with van der Waals surface area (Å²) in [4.78, 5) is 41.7. The number of aliphatic imine (C=N–C) groups is 1. The molecule has 0 unspecified atom stereocenters. The van der Waals surface area contributed by atoms with Crippen LogP contribution in [0.25, 0.3) is 0 Å². The van der Waals surface area contributed by atoms with Crippen LogP contribution in [-0.4, -0.2) is 34.2 Å². The number of benzene rings is 2. The maximum Gasteiger partial charge on any atom is 0.335 e. The van der Waals surface area contributed by atoms with Gasteiger partial charge in [0, 0.05) is 6.21 Å². The van der Waals surface area contributed by atoms with E-state index in [4.69, 9.17) is 17.3 Å². The molecule has 8 heteroatoms. The second-order valence-electron chi connectivity index (χ2n) is 6.37. The van der Waals surface area contributed by atoms with E-state index in [2.05, 4.69) is 10.3 Å². The number of rotatable bonds is 4. The van der Waals surface area contributed by atoms with Crippen LogP contribution >= 0.6 is 12.2 Å². The molecule has 0 aromatic heterocycles. The Morgan fingerprint density at radius 2 is 1.86 bits per heavy atom. The largest absolute Gasteiger partial charge is 0.478 e. The zero-order valence-electron chi connectivity index (χ0n) is 15.2. The smallest absolute Gasteiger partial charge is 0.335 e. The first-order valence-corrected chi connectivity index (χ1v) is 8.82. The fourth-order valence-electron chi connectivity index (χ4n) is 2.75. The number of carbonyl (C=O) groups is 3. The lowest BCUT2D eigenvalue weighted by Gasteiger charge is -2.31. The minimum atomic E-state index is -1.15. The third-order valence-electron chi connectivity index (χ3n) is 4.30. The summed E-state index contributed by atoms with van der Waals surface area (Å²) in [6.45, 7) is 3.63. The van der Waals surface area contributed by atoms with Gasteiger partial charge in [0.25, 0.3) is 5.91 Å². The minimum Gasteiger partial charge on any atom is -0.478 e. The lowest BCUT2D eigenvalue weighted by Crippen LogP contribution is -2.58. The van der Waals surface area contributed by atoms with E-state index in [-0.39, 0.29) is 10.7 Å². The zero-order valence-corrected chi connectivity index (χ0v) is 16.0. The van der Waals surface area contributed by atoms with Crippen molar-refractivity contribution in [3.05, 3.63) is 59.2 Å². The van der Waals surface area contributed by atoms with Crippen LogP contribution in [0.1, 0.15) is 21.5 Å². The molecule has 3 rings (SSSR count). The highest BCUT2D eigenvalue weighted by molar-refractivity contribution is 7.80. The summed E-state index contributed by atoms with van der Waals surface area (Å²) in [6, 6.07) is 11.6. The van der Waals surface area contributed by atoms with Gasteiger partial charge in [0.2, 0.25) is 5.91 Å². The highest BCUT2D eigenvalue weighted by Crippen LogP contribution is 2.23. The molecule has 2 N–H and O–H groups in total. The number of thiocarbonyl (C=S) groups is 1. The molecule has 1 saturated heterocycles.